The number of nitrogens with zero attached hydrogens (tertiary/aromatic N) is 5. The third kappa shape index (κ3) is 7.05. The number of aromatic nitrogens is 5. The zero-order chi connectivity index (χ0) is 35.2. The molecule has 2 saturated heterocycles. The zero-order valence-electron chi connectivity index (χ0n) is 26.3. The summed E-state index contributed by atoms with van der Waals surface area (Å²) in [6.07, 6.45) is -2.88. The maximum Gasteiger partial charge on any atom is 0.432 e. The highest BCUT2D eigenvalue weighted by Crippen LogP contribution is 2.33. The lowest BCUT2D eigenvalue weighted by Gasteiger charge is -2.43. The number of halogens is 5. The monoisotopic (exact) mass is 758 g/mol. The molecule has 262 valence electrons. The number of rotatable bonds is 11. The van der Waals surface area contributed by atoms with Crippen molar-refractivity contribution in [1.29, 1.82) is 0 Å². The second-order valence-corrected chi connectivity index (χ2v) is 13.5. The van der Waals surface area contributed by atoms with Crippen molar-refractivity contribution >= 4 is 44.3 Å². The Kier molecular flexibility index (Phi) is 9.02. The van der Waals surface area contributed by atoms with Gasteiger partial charge >= 0.3 is 6.18 Å². The lowest BCUT2D eigenvalue weighted by atomic mass is 9.96. The van der Waals surface area contributed by atoms with Gasteiger partial charge in [-0.2, -0.15) is 23.4 Å². The molecule has 17 heteroatoms. The molecule has 2 aliphatic rings. The van der Waals surface area contributed by atoms with Gasteiger partial charge in [0, 0.05) is 97.7 Å². The van der Waals surface area contributed by atoms with Crippen molar-refractivity contribution in [3.8, 4) is 5.75 Å². The molecule has 2 aliphatic heterocycles. The Morgan fingerprint density at radius 3 is 2.22 bits per heavy atom. The number of phenolic OH excluding ortho intramolecular Hbond substituents is 1. The van der Waals surface area contributed by atoms with E-state index in [-0.39, 0.29) is 60.1 Å². The summed E-state index contributed by atoms with van der Waals surface area (Å²) in [6, 6.07) is 11.9. The fraction of sp³-hybridized carbons (Fsp3) is 0.333. The van der Waals surface area contributed by atoms with Gasteiger partial charge in [-0.15, -0.1) is 0 Å². The number of ether oxygens (including phenoxy) is 1. The average Bonchev–Trinajstić information content (AvgIpc) is 3.80. The predicted octanol–water partition coefficient (Wildman–Crippen LogP) is 5.31. The van der Waals surface area contributed by atoms with Crippen molar-refractivity contribution in [3.63, 3.8) is 0 Å². The molecule has 2 aromatic carbocycles. The van der Waals surface area contributed by atoms with Gasteiger partial charge in [0.05, 0.1) is 13.2 Å². The molecule has 0 radical (unpaired) electrons. The number of carbonyl (C=O) groups is 2. The van der Waals surface area contributed by atoms with E-state index in [0.29, 0.717) is 37.5 Å². The molecule has 0 saturated carbocycles. The van der Waals surface area contributed by atoms with Crippen LogP contribution in [0.5, 0.6) is 5.75 Å². The largest absolute Gasteiger partial charge is 0.508 e. The standard InChI is InChI=1S/C33H31BrF4N8O4/c34-30-9-28(41-43-30)32(49)45(14-20-1-2-23(47)7-25(20)35)12-18-10-44(11-18)22-5-21(24-3-4-39-26(24)6-22)15-46(13-19-16-50-17-19)31(48)27-8-29(42-40-27)33(36,37)38/h1-9,18-19,39,47H,10-17H2,(H,40,42)(H,41,43). The zero-order valence-corrected chi connectivity index (χ0v) is 27.9. The van der Waals surface area contributed by atoms with Crippen LogP contribution in [0, 0.1) is 17.7 Å². The molecular weight excluding hydrogens is 728 g/mol. The summed E-state index contributed by atoms with van der Waals surface area (Å²) >= 11 is 3.27. The Morgan fingerprint density at radius 2 is 1.60 bits per heavy atom. The number of hydrogen-bond acceptors (Lipinski definition) is 7. The van der Waals surface area contributed by atoms with Gasteiger partial charge in [-0.25, -0.2) is 4.39 Å². The van der Waals surface area contributed by atoms with Crippen LogP contribution >= 0.6 is 15.9 Å². The summed E-state index contributed by atoms with van der Waals surface area (Å²) in [4.78, 5) is 35.4. The fourth-order valence-electron chi connectivity index (χ4n) is 6.27. The minimum atomic E-state index is -4.67. The number of nitrogens with one attached hydrogen (secondary N) is 3. The summed E-state index contributed by atoms with van der Waals surface area (Å²) in [5.74, 6) is -1.77. The van der Waals surface area contributed by atoms with Crippen LogP contribution in [0.3, 0.4) is 0 Å². The maximum atomic E-state index is 14.7. The summed E-state index contributed by atoms with van der Waals surface area (Å²) in [5.41, 5.74) is 1.49. The number of amides is 2. The van der Waals surface area contributed by atoms with Gasteiger partial charge in [-0.1, -0.05) is 6.07 Å². The number of alkyl halides is 3. The van der Waals surface area contributed by atoms with E-state index >= 15 is 0 Å². The molecule has 3 aromatic heterocycles. The minimum Gasteiger partial charge on any atom is -0.508 e. The summed E-state index contributed by atoms with van der Waals surface area (Å²) in [7, 11) is 0. The molecule has 12 nitrogen and oxygen atoms in total. The van der Waals surface area contributed by atoms with E-state index in [9.17, 15) is 32.3 Å². The summed E-state index contributed by atoms with van der Waals surface area (Å²) in [5, 5.41) is 22.9. The first-order valence-corrected chi connectivity index (χ1v) is 16.5. The Labute approximate surface area is 290 Å². The molecule has 2 fully saturated rings. The third-order valence-electron chi connectivity index (χ3n) is 8.93. The van der Waals surface area contributed by atoms with Crippen LogP contribution in [0.25, 0.3) is 10.9 Å². The Bertz CT molecular complexity index is 2030. The highest BCUT2D eigenvalue weighted by molar-refractivity contribution is 9.10. The fourth-order valence-corrected chi connectivity index (χ4v) is 6.58. The van der Waals surface area contributed by atoms with Crippen LogP contribution in [-0.2, 0) is 24.0 Å². The van der Waals surface area contributed by atoms with Crippen LogP contribution < -0.4 is 4.90 Å². The van der Waals surface area contributed by atoms with Crippen LogP contribution in [0.2, 0.25) is 0 Å². The molecule has 0 aliphatic carbocycles. The van der Waals surface area contributed by atoms with Crippen molar-refractivity contribution in [2.75, 3.05) is 44.3 Å². The number of phenols is 1. The second-order valence-electron chi connectivity index (χ2n) is 12.6. The first-order valence-electron chi connectivity index (χ1n) is 15.7. The van der Waals surface area contributed by atoms with E-state index in [2.05, 4.69) is 41.1 Å². The van der Waals surface area contributed by atoms with Crippen molar-refractivity contribution < 1.29 is 37.0 Å². The topological polar surface area (TPSA) is 146 Å². The Morgan fingerprint density at radius 1 is 0.920 bits per heavy atom. The molecule has 0 unspecified atom stereocenters. The van der Waals surface area contributed by atoms with Crippen molar-refractivity contribution in [3.05, 3.63) is 93.4 Å². The van der Waals surface area contributed by atoms with Crippen molar-refractivity contribution in [1.82, 2.24) is 35.2 Å². The van der Waals surface area contributed by atoms with Crippen LogP contribution in [0.15, 0.2) is 59.3 Å². The molecule has 50 heavy (non-hydrogen) atoms. The van der Waals surface area contributed by atoms with Crippen LogP contribution in [0.1, 0.15) is 37.8 Å². The van der Waals surface area contributed by atoms with E-state index < -0.39 is 23.6 Å². The second kappa shape index (κ2) is 13.4. The molecule has 2 amide bonds. The molecule has 5 aromatic rings. The summed E-state index contributed by atoms with van der Waals surface area (Å²) in [6.45, 7) is 2.75. The quantitative estimate of drug-likeness (QED) is 0.134. The number of anilines is 1. The molecular formula is C33H31BrF4N8O4. The highest BCUT2D eigenvalue weighted by atomic mass is 79.9. The number of hydrogen-bond donors (Lipinski definition) is 4. The lowest BCUT2D eigenvalue weighted by Crippen LogP contribution is -2.52. The van der Waals surface area contributed by atoms with Gasteiger partial charge < -0.3 is 29.5 Å². The molecule has 0 bridgehead atoms. The Balaban J connectivity index is 1.09. The number of fused-ring (bicyclic) bond motifs is 1. The maximum absolute atomic E-state index is 14.7. The van der Waals surface area contributed by atoms with Gasteiger partial charge in [0.15, 0.2) is 11.4 Å². The van der Waals surface area contributed by atoms with E-state index in [0.717, 1.165) is 34.3 Å². The molecule has 0 spiro atoms. The van der Waals surface area contributed by atoms with Gasteiger partial charge in [0.2, 0.25) is 0 Å². The lowest BCUT2D eigenvalue weighted by molar-refractivity contribution is -0.141. The number of H-pyrrole nitrogens is 3. The van der Waals surface area contributed by atoms with Crippen molar-refractivity contribution in [2.24, 2.45) is 11.8 Å². The smallest absolute Gasteiger partial charge is 0.432 e. The highest BCUT2D eigenvalue weighted by Gasteiger charge is 2.36. The normalized spacial score (nSPS) is 15.3. The predicted molar refractivity (Wildman–Crippen MR) is 176 cm³/mol. The van der Waals surface area contributed by atoms with Gasteiger partial charge in [-0.3, -0.25) is 19.8 Å². The van der Waals surface area contributed by atoms with Crippen LogP contribution in [-0.4, -0.2) is 91.5 Å². The van der Waals surface area contributed by atoms with E-state index in [1.165, 1.54) is 21.9 Å². The number of carbonyl (C=O) groups excluding carboxylic acids is 2. The van der Waals surface area contributed by atoms with Gasteiger partial charge in [-0.05, 0) is 45.8 Å². The molecule has 0 atom stereocenters. The minimum absolute atomic E-state index is 0.0269. The first-order chi connectivity index (χ1) is 23.9. The van der Waals surface area contributed by atoms with Crippen molar-refractivity contribution in [2.45, 2.75) is 19.3 Å². The first kappa shape index (κ1) is 33.6. The Hall–Kier alpha value is -4.90. The number of aromatic amines is 3. The summed E-state index contributed by atoms with van der Waals surface area (Å²) < 4.78 is 60.3. The average molecular weight is 760 g/mol. The molecule has 5 heterocycles. The van der Waals surface area contributed by atoms with E-state index in [1.54, 1.807) is 12.3 Å². The van der Waals surface area contributed by atoms with Gasteiger partial charge in [0.25, 0.3) is 11.8 Å². The van der Waals surface area contributed by atoms with E-state index in [4.69, 9.17) is 4.74 Å². The van der Waals surface area contributed by atoms with E-state index in [1.807, 2.05) is 23.3 Å². The third-order valence-corrected chi connectivity index (χ3v) is 9.33. The van der Waals surface area contributed by atoms with Gasteiger partial charge in [0.1, 0.15) is 21.9 Å². The van der Waals surface area contributed by atoms with Crippen LogP contribution in [0.4, 0.5) is 23.2 Å². The molecule has 4 N–H and O–H groups in total. The molecule has 7 rings (SSSR count). The number of benzene rings is 2. The SMILES string of the molecule is O=C(c1cc(Br)[nH]n1)N(Cc1ccc(O)cc1F)CC1CN(c2cc(CN(CC3COC3)C(=O)c3cc(C(F)(F)F)[nH]n3)c3cc[nH]c3c2)C1. The number of aromatic hydroxyl groups is 1.